The van der Waals surface area contributed by atoms with Crippen LogP contribution in [0.15, 0.2) is 54.7 Å². The highest BCUT2D eigenvalue weighted by Gasteiger charge is 2.34. The highest BCUT2D eigenvalue weighted by molar-refractivity contribution is 5.86. The lowest BCUT2D eigenvalue weighted by Crippen LogP contribution is -2.29. The number of benzene rings is 1. The van der Waals surface area contributed by atoms with Crippen LogP contribution in [0.4, 0.5) is 5.69 Å². The Bertz CT molecular complexity index is 821. The quantitative estimate of drug-likeness (QED) is 0.603. The molecule has 1 aliphatic heterocycles. The van der Waals surface area contributed by atoms with Gasteiger partial charge in [-0.2, -0.15) is 0 Å². The van der Waals surface area contributed by atoms with Gasteiger partial charge in [0.1, 0.15) is 0 Å². The van der Waals surface area contributed by atoms with Crippen molar-refractivity contribution in [2.24, 2.45) is 5.41 Å². The molecule has 1 aliphatic rings. The second-order valence-corrected chi connectivity index (χ2v) is 6.93. The Morgan fingerprint density at radius 3 is 2.52 bits per heavy atom. The van der Waals surface area contributed by atoms with E-state index in [2.05, 4.69) is 85.2 Å². The number of nitrogens with zero attached hydrogens (tertiary/aromatic N) is 1. The second kappa shape index (κ2) is 4.14. The minimum Gasteiger partial charge on any atom is -0.376 e. The van der Waals surface area contributed by atoms with Gasteiger partial charge in [0.05, 0.1) is 11.7 Å². The molecule has 106 valence electrons. The summed E-state index contributed by atoms with van der Waals surface area (Å²) in [5.74, 6) is 0. The van der Waals surface area contributed by atoms with Crippen LogP contribution in [0, 0.1) is 5.41 Å². The summed E-state index contributed by atoms with van der Waals surface area (Å²) in [5, 5.41) is 3.75. The molecule has 0 spiro atoms. The van der Waals surface area contributed by atoms with Crippen molar-refractivity contribution in [3.63, 3.8) is 0 Å². The number of hydrogen-bond donors (Lipinski definition) is 1. The summed E-state index contributed by atoms with van der Waals surface area (Å²) in [6, 6.07) is 17.6. The van der Waals surface area contributed by atoms with Crippen LogP contribution < -0.4 is 5.32 Å². The van der Waals surface area contributed by atoms with Gasteiger partial charge in [-0.1, -0.05) is 45.0 Å². The van der Waals surface area contributed by atoms with Crippen LogP contribution >= 0.6 is 0 Å². The maximum atomic E-state index is 3.75. The standard InChI is InChI=1S/C19H20N2/c1-19(2,3)18-17-15(12-13-8-6-7-11-21(13)17)14-9-4-5-10-16(14)20-18/h4-12,18,20H,1-3H3. The van der Waals surface area contributed by atoms with Gasteiger partial charge in [0.25, 0.3) is 0 Å². The molecule has 4 rings (SSSR count). The van der Waals surface area contributed by atoms with Crippen LogP contribution in [0.1, 0.15) is 32.5 Å². The average Bonchev–Trinajstić information content (AvgIpc) is 2.85. The average molecular weight is 276 g/mol. The van der Waals surface area contributed by atoms with Gasteiger partial charge in [-0.25, -0.2) is 0 Å². The number of rotatable bonds is 0. The predicted molar refractivity (Wildman–Crippen MR) is 88.7 cm³/mol. The zero-order valence-electron chi connectivity index (χ0n) is 12.7. The van der Waals surface area contributed by atoms with Gasteiger partial charge >= 0.3 is 0 Å². The third kappa shape index (κ3) is 1.79. The Hall–Kier alpha value is -2.22. The summed E-state index contributed by atoms with van der Waals surface area (Å²) in [5.41, 5.74) is 6.67. The summed E-state index contributed by atoms with van der Waals surface area (Å²) in [7, 11) is 0. The highest BCUT2D eigenvalue weighted by Crippen LogP contribution is 2.47. The first-order valence-electron chi connectivity index (χ1n) is 7.51. The van der Waals surface area contributed by atoms with E-state index >= 15 is 0 Å². The lowest BCUT2D eigenvalue weighted by Gasteiger charge is -2.37. The molecule has 2 heteroatoms. The van der Waals surface area contributed by atoms with Gasteiger partial charge in [0.15, 0.2) is 0 Å². The maximum absolute atomic E-state index is 3.75. The molecule has 1 atom stereocenters. The molecule has 0 bridgehead atoms. The summed E-state index contributed by atoms with van der Waals surface area (Å²) in [6.45, 7) is 6.89. The van der Waals surface area contributed by atoms with Crippen molar-refractivity contribution in [2.45, 2.75) is 26.8 Å². The van der Waals surface area contributed by atoms with Crippen molar-refractivity contribution >= 4 is 11.2 Å². The number of fused-ring (bicyclic) bond motifs is 5. The molecule has 1 N–H and O–H groups in total. The lowest BCUT2D eigenvalue weighted by atomic mass is 9.80. The first-order chi connectivity index (χ1) is 10.1. The molecule has 0 fully saturated rings. The molecular weight excluding hydrogens is 256 g/mol. The van der Waals surface area contributed by atoms with Crippen molar-refractivity contribution in [1.82, 2.24) is 4.40 Å². The van der Waals surface area contributed by atoms with Gasteiger partial charge in [-0.15, -0.1) is 0 Å². The predicted octanol–water partition coefficient (Wildman–Crippen LogP) is 5.12. The monoisotopic (exact) mass is 276 g/mol. The first kappa shape index (κ1) is 12.5. The molecule has 0 amide bonds. The number of nitrogens with one attached hydrogen (secondary N) is 1. The molecular formula is C19H20N2. The third-order valence-corrected chi connectivity index (χ3v) is 4.38. The number of hydrogen-bond acceptors (Lipinski definition) is 1. The van der Waals surface area contributed by atoms with Crippen LogP contribution in [0.3, 0.4) is 0 Å². The second-order valence-electron chi connectivity index (χ2n) is 6.93. The van der Waals surface area contributed by atoms with E-state index in [1.54, 1.807) is 0 Å². The summed E-state index contributed by atoms with van der Waals surface area (Å²) in [4.78, 5) is 0. The number of para-hydroxylation sites is 1. The molecule has 1 aromatic carbocycles. The van der Waals surface area contributed by atoms with Crippen LogP contribution in [-0.2, 0) is 0 Å². The topological polar surface area (TPSA) is 16.4 Å². The van der Waals surface area contributed by atoms with Crippen LogP contribution in [0.2, 0.25) is 0 Å². The fourth-order valence-corrected chi connectivity index (χ4v) is 3.35. The maximum Gasteiger partial charge on any atom is 0.0723 e. The van der Waals surface area contributed by atoms with Crippen molar-refractivity contribution in [3.05, 3.63) is 60.4 Å². The molecule has 3 heterocycles. The fraction of sp³-hybridized carbons (Fsp3) is 0.263. The molecule has 0 saturated heterocycles. The summed E-state index contributed by atoms with van der Waals surface area (Å²) in [6.07, 6.45) is 2.17. The molecule has 3 aromatic rings. The molecule has 2 nitrogen and oxygen atoms in total. The Morgan fingerprint density at radius 2 is 1.71 bits per heavy atom. The normalized spacial score (nSPS) is 17.2. The summed E-state index contributed by atoms with van der Waals surface area (Å²) >= 11 is 0. The van der Waals surface area contributed by atoms with Crippen LogP contribution in [0.25, 0.3) is 16.6 Å². The van der Waals surface area contributed by atoms with Crippen LogP contribution in [0.5, 0.6) is 0 Å². The zero-order chi connectivity index (χ0) is 14.6. The van der Waals surface area contributed by atoms with E-state index in [4.69, 9.17) is 0 Å². The Kier molecular flexibility index (Phi) is 2.47. The SMILES string of the molecule is CC(C)(C)C1Nc2ccccc2-c2cc3ccccn3c21. The van der Waals surface area contributed by atoms with E-state index in [1.807, 2.05) is 0 Å². The van der Waals surface area contributed by atoms with E-state index in [-0.39, 0.29) is 5.41 Å². The minimum atomic E-state index is 0.145. The Balaban J connectivity index is 2.09. The third-order valence-electron chi connectivity index (χ3n) is 4.38. The van der Waals surface area contributed by atoms with Crippen molar-refractivity contribution < 1.29 is 0 Å². The van der Waals surface area contributed by atoms with E-state index in [0.29, 0.717) is 6.04 Å². The highest BCUT2D eigenvalue weighted by atomic mass is 15.0. The Labute approximate surface area is 125 Å². The first-order valence-corrected chi connectivity index (χ1v) is 7.51. The smallest absolute Gasteiger partial charge is 0.0723 e. The van der Waals surface area contributed by atoms with Gasteiger partial charge in [-0.3, -0.25) is 0 Å². The minimum absolute atomic E-state index is 0.145. The molecule has 2 aromatic heterocycles. The van der Waals surface area contributed by atoms with Crippen molar-refractivity contribution in [1.29, 1.82) is 0 Å². The van der Waals surface area contributed by atoms with Crippen LogP contribution in [-0.4, -0.2) is 4.40 Å². The van der Waals surface area contributed by atoms with Gasteiger partial charge in [0.2, 0.25) is 0 Å². The molecule has 0 radical (unpaired) electrons. The van der Waals surface area contributed by atoms with Gasteiger partial charge in [-0.05, 0) is 29.7 Å². The fourth-order valence-electron chi connectivity index (χ4n) is 3.35. The number of aromatic nitrogens is 1. The van der Waals surface area contributed by atoms with E-state index < -0.39 is 0 Å². The number of pyridine rings is 1. The lowest BCUT2D eigenvalue weighted by molar-refractivity contribution is 0.340. The number of anilines is 1. The molecule has 0 saturated carbocycles. The Morgan fingerprint density at radius 1 is 0.952 bits per heavy atom. The molecule has 0 aliphatic carbocycles. The van der Waals surface area contributed by atoms with Crippen molar-refractivity contribution in [3.8, 4) is 11.1 Å². The van der Waals surface area contributed by atoms with Crippen molar-refractivity contribution in [2.75, 3.05) is 5.32 Å². The largest absolute Gasteiger partial charge is 0.376 e. The summed E-state index contributed by atoms with van der Waals surface area (Å²) < 4.78 is 2.33. The molecule has 1 unspecified atom stereocenters. The molecule has 21 heavy (non-hydrogen) atoms. The van der Waals surface area contributed by atoms with E-state index in [1.165, 1.54) is 28.0 Å². The van der Waals surface area contributed by atoms with Gasteiger partial charge < -0.3 is 9.72 Å². The van der Waals surface area contributed by atoms with E-state index in [9.17, 15) is 0 Å². The van der Waals surface area contributed by atoms with Gasteiger partial charge in [0, 0.05) is 28.5 Å². The van der Waals surface area contributed by atoms with E-state index in [0.717, 1.165) is 0 Å². The zero-order valence-corrected chi connectivity index (χ0v) is 12.7.